The van der Waals surface area contributed by atoms with Gasteiger partial charge in [0.15, 0.2) is 17.0 Å². The number of anilines is 2. The van der Waals surface area contributed by atoms with E-state index in [4.69, 9.17) is 14.7 Å². The van der Waals surface area contributed by atoms with Crippen LogP contribution in [0.4, 0.5) is 16.6 Å². The van der Waals surface area contributed by atoms with Crippen LogP contribution in [0.1, 0.15) is 71.9 Å². The number of nitrogens with one attached hydrogen (secondary N) is 3. The zero-order valence-corrected chi connectivity index (χ0v) is 23.8. The molecule has 2 heterocycles. The number of hydrogen-bond acceptors (Lipinski definition) is 7. The largest absolute Gasteiger partial charge is 0.444 e. The Balaban J connectivity index is 1.45. The lowest BCUT2D eigenvalue weighted by Crippen LogP contribution is -2.42. The number of nitrogens with zero attached hydrogens (tertiary/aromatic N) is 4. The van der Waals surface area contributed by atoms with E-state index in [2.05, 4.69) is 86.2 Å². The molecule has 1 aliphatic rings. The lowest BCUT2D eigenvalue weighted by molar-refractivity contribution is 0.0492. The minimum absolute atomic E-state index is 0.120. The highest BCUT2D eigenvalue weighted by molar-refractivity contribution is 14.1. The first kappa shape index (κ1) is 26.4. The zero-order valence-electron chi connectivity index (χ0n) is 21.6. The third kappa shape index (κ3) is 6.98. The number of carbonyl (C=O) groups is 1. The Morgan fingerprint density at radius 3 is 2.56 bits per heavy atom. The van der Waals surface area contributed by atoms with Crippen molar-refractivity contribution in [2.45, 2.75) is 90.6 Å². The highest BCUT2D eigenvalue weighted by Gasteiger charge is 2.26. The monoisotopic (exact) mass is 605 g/mol. The van der Waals surface area contributed by atoms with Crippen LogP contribution in [0.15, 0.2) is 30.6 Å². The van der Waals surface area contributed by atoms with Gasteiger partial charge in [-0.25, -0.2) is 9.78 Å². The Labute approximate surface area is 226 Å². The quantitative estimate of drug-likeness (QED) is 0.289. The molecule has 36 heavy (non-hydrogen) atoms. The van der Waals surface area contributed by atoms with Gasteiger partial charge in [-0.05, 0) is 101 Å². The van der Waals surface area contributed by atoms with Crippen LogP contribution in [-0.2, 0) is 11.3 Å². The molecule has 9 nitrogen and oxygen atoms in total. The molecule has 2 aromatic heterocycles. The number of fused-ring (bicyclic) bond motifs is 1. The van der Waals surface area contributed by atoms with E-state index in [1.807, 2.05) is 27.1 Å². The van der Waals surface area contributed by atoms with Crippen molar-refractivity contribution >= 4 is 51.6 Å². The molecule has 1 amide bonds. The smallest absolute Gasteiger partial charge is 0.407 e. The standard InChI is InChI=1S/C26H36IN7O2/c1-16(2)34-15-29-21-22(28-14-17-7-6-8-18(27)13-17)32-24(33-23(21)34)30-19-9-11-20(12-10-19)31-25(35)36-26(3,4)5/h6-8,13,15-16,19-20H,9-12,14H2,1-5H3,(H,31,35)(H2,28,30,32,33). The third-order valence-electron chi connectivity index (χ3n) is 6.11. The first-order valence-corrected chi connectivity index (χ1v) is 13.6. The summed E-state index contributed by atoms with van der Waals surface area (Å²) in [5.74, 6) is 1.32. The first-order valence-electron chi connectivity index (χ1n) is 12.6. The van der Waals surface area contributed by atoms with Gasteiger partial charge in [0.05, 0.1) is 6.33 Å². The van der Waals surface area contributed by atoms with Gasteiger partial charge in [0, 0.05) is 28.2 Å². The summed E-state index contributed by atoms with van der Waals surface area (Å²) >= 11 is 2.32. The van der Waals surface area contributed by atoms with E-state index >= 15 is 0 Å². The number of halogens is 1. The normalized spacial score (nSPS) is 18.3. The minimum Gasteiger partial charge on any atom is -0.444 e. The lowest BCUT2D eigenvalue weighted by Gasteiger charge is -2.30. The maximum atomic E-state index is 12.1. The molecule has 10 heteroatoms. The van der Waals surface area contributed by atoms with Crippen LogP contribution in [-0.4, -0.2) is 43.3 Å². The Morgan fingerprint density at radius 1 is 1.17 bits per heavy atom. The van der Waals surface area contributed by atoms with Crippen molar-refractivity contribution in [3.05, 3.63) is 39.7 Å². The SMILES string of the molecule is CC(C)n1cnc2c(NCc3cccc(I)c3)nc(NC3CCC(NC(=O)OC(C)(C)C)CC3)nc21. The van der Waals surface area contributed by atoms with Gasteiger partial charge in [-0.1, -0.05) is 12.1 Å². The van der Waals surface area contributed by atoms with E-state index in [0.717, 1.165) is 42.7 Å². The van der Waals surface area contributed by atoms with Crippen LogP contribution in [0.5, 0.6) is 0 Å². The number of hydrogen-bond donors (Lipinski definition) is 3. The van der Waals surface area contributed by atoms with Gasteiger partial charge >= 0.3 is 6.09 Å². The second-order valence-corrected chi connectivity index (χ2v) is 11.9. The summed E-state index contributed by atoms with van der Waals surface area (Å²) in [4.78, 5) is 26.4. The number of aromatic nitrogens is 4. The van der Waals surface area contributed by atoms with Crippen molar-refractivity contribution < 1.29 is 9.53 Å². The zero-order chi connectivity index (χ0) is 25.9. The Morgan fingerprint density at radius 2 is 1.89 bits per heavy atom. The van der Waals surface area contributed by atoms with Crippen molar-refractivity contribution in [1.82, 2.24) is 24.8 Å². The van der Waals surface area contributed by atoms with Crippen molar-refractivity contribution in [3.8, 4) is 0 Å². The molecule has 1 fully saturated rings. The molecule has 3 aromatic rings. The summed E-state index contributed by atoms with van der Waals surface area (Å²) in [6.45, 7) is 10.5. The molecule has 1 aliphatic carbocycles. The molecule has 0 aliphatic heterocycles. The van der Waals surface area contributed by atoms with Crippen molar-refractivity contribution in [2.24, 2.45) is 0 Å². The van der Waals surface area contributed by atoms with Crippen molar-refractivity contribution in [1.29, 1.82) is 0 Å². The van der Waals surface area contributed by atoms with Crippen LogP contribution in [0, 0.1) is 3.57 Å². The van der Waals surface area contributed by atoms with Gasteiger partial charge in [-0.15, -0.1) is 0 Å². The first-order chi connectivity index (χ1) is 17.1. The predicted molar refractivity (Wildman–Crippen MR) is 151 cm³/mol. The lowest BCUT2D eigenvalue weighted by atomic mass is 9.91. The van der Waals surface area contributed by atoms with Crippen LogP contribution in [0.2, 0.25) is 0 Å². The van der Waals surface area contributed by atoms with Gasteiger partial charge in [0.25, 0.3) is 0 Å². The highest BCUT2D eigenvalue weighted by Crippen LogP contribution is 2.27. The Hall–Kier alpha value is -2.63. The summed E-state index contributed by atoms with van der Waals surface area (Å²) in [7, 11) is 0. The molecule has 0 saturated heterocycles. The van der Waals surface area contributed by atoms with Crippen LogP contribution in [0.25, 0.3) is 11.2 Å². The average molecular weight is 606 g/mol. The molecule has 1 saturated carbocycles. The van der Waals surface area contributed by atoms with Gasteiger partial charge in [0.2, 0.25) is 5.95 Å². The van der Waals surface area contributed by atoms with Crippen LogP contribution < -0.4 is 16.0 Å². The molecule has 0 unspecified atom stereocenters. The van der Waals surface area contributed by atoms with E-state index in [-0.39, 0.29) is 24.2 Å². The van der Waals surface area contributed by atoms with E-state index in [1.165, 1.54) is 9.13 Å². The fourth-order valence-corrected chi connectivity index (χ4v) is 4.96. The molecule has 194 valence electrons. The van der Waals surface area contributed by atoms with Gasteiger partial charge in [0.1, 0.15) is 5.60 Å². The fraction of sp³-hybridized carbons (Fsp3) is 0.538. The maximum Gasteiger partial charge on any atom is 0.407 e. The van der Waals surface area contributed by atoms with Crippen molar-refractivity contribution in [3.63, 3.8) is 0 Å². The summed E-state index contributed by atoms with van der Waals surface area (Å²) in [5, 5.41) is 10.0. The summed E-state index contributed by atoms with van der Waals surface area (Å²) in [6, 6.07) is 8.98. The van der Waals surface area contributed by atoms with Gasteiger partial charge < -0.3 is 25.3 Å². The maximum absolute atomic E-state index is 12.1. The number of carbonyl (C=O) groups excluding carboxylic acids is 1. The predicted octanol–water partition coefficient (Wildman–Crippen LogP) is 5.87. The van der Waals surface area contributed by atoms with Gasteiger partial charge in [-0.2, -0.15) is 9.97 Å². The minimum atomic E-state index is -0.494. The average Bonchev–Trinajstić information content (AvgIpc) is 3.22. The Bertz CT molecular complexity index is 1200. The summed E-state index contributed by atoms with van der Waals surface area (Å²) < 4.78 is 8.67. The number of rotatable bonds is 7. The van der Waals surface area contributed by atoms with Crippen LogP contribution in [0.3, 0.4) is 0 Å². The third-order valence-corrected chi connectivity index (χ3v) is 6.78. The molecular formula is C26H36IN7O2. The Kier molecular flexibility index (Phi) is 8.21. The molecule has 3 N–H and O–H groups in total. The number of benzene rings is 1. The number of alkyl carbamates (subject to hydrolysis) is 1. The second kappa shape index (κ2) is 11.2. The van der Waals surface area contributed by atoms with E-state index in [0.29, 0.717) is 12.5 Å². The molecule has 0 spiro atoms. The fourth-order valence-electron chi connectivity index (χ4n) is 4.35. The second-order valence-electron chi connectivity index (χ2n) is 10.6. The molecule has 1 aromatic carbocycles. The number of imidazole rings is 1. The van der Waals surface area contributed by atoms with Gasteiger partial charge in [-0.3, -0.25) is 0 Å². The molecular weight excluding hydrogens is 569 g/mol. The van der Waals surface area contributed by atoms with Crippen molar-refractivity contribution in [2.75, 3.05) is 10.6 Å². The summed E-state index contributed by atoms with van der Waals surface area (Å²) in [6.07, 6.45) is 5.06. The molecule has 0 atom stereocenters. The van der Waals surface area contributed by atoms with E-state index in [9.17, 15) is 4.79 Å². The number of ether oxygens (including phenoxy) is 1. The number of amides is 1. The highest BCUT2D eigenvalue weighted by atomic mass is 127. The topological polar surface area (TPSA) is 106 Å². The molecule has 0 radical (unpaired) electrons. The van der Waals surface area contributed by atoms with Crippen LogP contribution >= 0.6 is 22.6 Å². The molecule has 4 rings (SSSR count). The van der Waals surface area contributed by atoms with E-state index in [1.54, 1.807) is 0 Å². The molecule has 0 bridgehead atoms. The summed E-state index contributed by atoms with van der Waals surface area (Å²) in [5.41, 5.74) is 2.27. The van der Waals surface area contributed by atoms with E-state index < -0.39 is 5.60 Å².